The van der Waals surface area contributed by atoms with Crippen molar-refractivity contribution in [2.45, 2.75) is 19.6 Å². The second-order valence-corrected chi connectivity index (χ2v) is 5.48. The van der Waals surface area contributed by atoms with Crippen molar-refractivity contribution in [1.82, 2.24) is 19.8 Å². The summed E-state index contributed by atoms with van der Waals surface area (Å²) in [5.41, 5.74) is 0.217. The summed E-state index contributed by atoms with van der Waals surface area (Å²) in [6.45, 7) is 2.26. The van der Waals surface area contributed by atoms with Crippen molar-refractivity contribution >= 4 is 21.8 Å². The van der Waals surface area contributed by atoms with E-state index in [0.717, 1.165) is 4.47 Å². The fraction of sp³-hybridized carbons (Fsp3) is 0.417. The second kappa shape index (κ2) is 6.19. The molecule has 0 aliphatic carbocycles. The summed E-state index contributed by atoms with van der Waals surface area (Å²) in [5, 5.41) is 17.1. The quantitative estimate of drug-likeness (QED) is 0.880. The number of aliphatic hydroxyl groups excluding tert-OH is 1. The topological polar surface area (TPSA) is 84.4 Å². The van der Waals surface area contributed by atoms with Gasteiger partial charge in [-0.3, -0.25) is 9.48 Å². The van der Waals surface area contributed by atoms with E-state index in [4.69, 9.17) is 4.52 Å². The van der Waals surface area contributed by atoms with Crippen LogP contribution in [-0.4, -0.2) is 50.5 Å². The first-order valence-corrected chi connectivity index (χ1v) is 6.82. The number of nitrogens with zero attached hydrogens (tertiary/aromatic N) is 4. The maximum Gasteiger partial charge on any atom is 0.275 e. The highest BCUT2D eigenvalue weighted by Gasteiger charge is 2.18. The predicted molar refractivity (Wildman–Crippen MR) is 74.2 cm³/mol. The maximum absolute atomic E-state index is 12.0. The summed E-state index contributed by atoms with van der Waals surface area (Å²) < 4.78 is 7.65. The number of aromatic nitrogens is 3. The van der Waals surface area contributed by atoms with E-state index < -0.39 is 6.10 Å². The summed E-state index contributed by atoms with van der Waals surface area (Å²) in [4.78, 5) is 13.4. The lowest BCUT2D eigenvalue weighted by Crippen LogP contribution is -2.33. The Labute approximate surface area is 124 Å². The van der Waals surface area contributed by atoms with Gasteiger partial charge in [0.1, 0.15) is 6.54 Å². The van der Waals surface area contributed by atoms with Crippen LogP contribution < -0.4 is 0 Å². The third-order valence-corrected chi connectivity index (χ3v) is 2.99. The van der Waals surface area contributed by atoms with E-state index in [2.05, 4.69) is 26.2 Å². The molecule has 0 saturated carbocycles. The van der Waals surface area contributed by atoms with E-state index in [9.17, 15) is 9.90 Å². The zero-order chi connectivity index (χ0) is 14.7. The molecule has 1 atom stereocenters. The number of aliphatic hydroxyl groups is 1. The van der Waals surface area contributed by atoms with Crippen LogP contribution in [0.3, 0.4) is 0 Å². The lowest BCUT2D eigenvalue weighted by atomic mass is 10.3. The van der Waals surface area contributed by atoms with Crippen LogP contribution in [0.15, 0.2) is 27.5 Å². The molecular formula is C12H15BrN4O3. The number of carbonyl (C=O) groups is 1. The molecule has 0 aliphatic heterocycles. The van der Waals surface area contributed by atoms with Crippen molar-refractivity contribution in [1.29, 1.82) is 0 Å². The molecule has 0 radical (unpaired) electrons. The maximum atomic E-state index is 12.0. The van der Waals surface area contributed by atoms with Gasteiger partial charge in [0.2, 0.25) is 0 Å². The van der Waals surface area contributed by atoms with Gasteiger partial charge in [0.25, 0.3) is 5.91 Å². The van der Waals surface area contributed by atoms with Crippen LogP contribution in [0, 0.1) is 0 Å². The number of halogens is 1. The van der Waals surface area contributed by atoms with Crippen LogP contribution in [0.4, 0.5) is 0 Å². The lowest BCUT2D eigenvalue weighted by molar-refractivity contribution is 0.0694. The summed E-state index contributed by atoms with van der Waals surface area (Å²) in [6.07, 6.45) is 2.87. The molecule has 1 unspecified atom stereocenters. The molecule has 1 N–H and O–H groups in total. The van der Waals surface area contributed by atoms with Crippen LogP contribution in [0.2, 0.25) is 0 Å². The first-order chi connectivity index (χ1) is 9.45. The molecule has 0 aliphatic rings. The van der Waals surface area contributed by atoms with Crippen LogP contribution >= 0.6 is 15.9 Å². The van der Waals surface area contributed by atoms with E-state index in [0.29, 0.717) is 12.3 Å². The first-order valence-electron chi connectivity index (χ1n) is 6.03. The minimum atomic E-state index is -0.586. The average Bonchev–Trinajstić information content (AvgIpc) is 2.97. The van der Waals surface area contributed by atoms with Crippen molar-refractivity contribution in [3.63, 3.8) is 0 Å². The molecule has 2 aromatic rings. The van der Waals surface area contributed by atoms with Gasteiger partial charge in [-0.15, -0.1) is 0 Å². The number of carbonyl (C=O) groups excluding carboxylic acids is 1. The Hall–Kier alpha value is -1.67. The van der Waals surface area contributed by atoms with Crippen LogP contribution in [-0.2, 0) is 6.54 Å². The molecule has 0 saturated heterocycles. The molecule has 0 spiro atoms. The average molecular weight is 343 g/mol. The minimum absolute atomic E-state index is 0.217. The van der Waals surface area contributed by atoms with Crippen LogP contribution in [0.5, 0.6) is 0 Å². The molecule has 0 bridgehead atoms. The molecule has 2 rings (SSSR count). The zero-order valence-corrected chi connectivity index (χ0v) is 12.7. The van der Waals surface area contributed by atoms with Gasteiger partial charge in [-0.2, -0.15) is 5.10 Å². The summed E-state index contributed by atoms with van der Waals surface area (Å²) in [7, 11) is 1.61. The molecule has 2 heterocycles. The molecule has 8 heteroatoms. The normalized spacial score (nSPS) is 12.4. The number of amides is 1. The van der Waals surface area contributed by atoms with Gasteiger partial charge in [-0.05, 0) is 22.9 Å². The number of rotatable bonds is 5. The fourth-order valence-corrected chi connectivity index (χ4v) is 2.08. The Morgan fingerprint density at radius 1 is 1.65 bits per heavy atom. The lowest BCUT2D eigenvalue weighted by Gasteiger charge is -2.16. The summed E-state index contributed by atoms with van der Waals surface area (Å²) in [5.74, 6) is 0.247. The molecule has 20 heavy (non-hydrogen) atoms. The smallest absolute Gasteiger partial charge is 0.275 e. The third-order valence-electron chi connectivity index (χ3n) is 2.58. The van der Waals surface area contributed by atoms with Crippen molar-refractivity contribution in [2.24, 2.45) is 0 Å². The fourth-order valence-electron chi connectivity index (χ4n) is 1.75. The molecular weight excluding hydrogens is 328 g/mol. The highest BCUT2D eigenvalue weighted by Crippen LogP contribution is 2.11. The van der Waals surface area contributed by atoms with Crippen molar-refractivity contribution in [2.75, 3.05) is 13.6 Å². The van der Waals surface area contributed by atoms with E-state index >= 15 is 0 Å². The molecule has 2 aromatic heterocycles. The highest BCUT2D eigenvalue weighted by molar-refractivity contribution is 9.10. The predicted octanol–water partition coefficient (Wildman–Crippen LogP) is 1.13. The second-order valence-electron chi connectivity index (χ2n) is 4.57. The summed E-state index contributed by atoms with van der Waals surface area (Å²) in [6, 6.07) is 1.58. The Morgan fingerprint density at radius 3 is 3.00 bits per heavy atom. The highest BCUT2D eigenvalue weighted by atomic mass is 79.9. The first kappa shape index (κ1) is 14.7. The molecule has 1 amide bonds. The molecule has 7 nitrogen and oxygen atoms in total. The van der Waals surface area contributed by atoms with E-state index in [-0.39, 0.29) is 18.1 Å². The van der Waals surface area contributed by atoms with Gasteiger partial charge < -0.3 is 14.5 Å². The van der Waals surface area contributed by atoms with Crippen molar-refractivity contribution in [3.05, 3.63) is 34.4 Å². The van der Waals surface area contributed by atoms with Gasteiger partial charge >= 0.3 is 0 Å². The van der Waals surface area contributed by atoms with E-state index in [1.165, 1.54) is 4.90 Å². The third kappa shape index (κ3) is 3.67. The van der Waals surface area contributed by atoms with E-state index in [1.54, 1.807) is 37.1 Å². The number of likely N-dealkylation sites (N-methyl/N-ethyl adjacent to an activating group) is 1. The molecule has 108 valence electrons. The van der Waals surface area contributed by atoms with Gasteiger partial charge in [0.15, 0.2) is 11.5 Å². The number of hydrogen-bond acceptors (Lipinski definition) is 5. The van der Waals surface area contributed by atoms with Crippen molar-refractivity contribution < 1.29 is 14.4 Å². The zero-order valence-electron chi connectivity index (χ0n) is 11.2. The summed E-state index contributed by atoms with van der Waals surface area (Å²) >= 11 is 3.30. The van der Waals surface area contributed by atoms with Gasteiger partial charge in [0.05, 0.1) is 16.8 Å². The SMILES string of the molecule is CC(O)CN(C)C(=O)c1cc(Cn2cc(Br)cn2)on1. The molecule has 0 fully saturated rings. The van der Waals surface area contributed by atoms with E-state index in [1.807, 2.05) is 0 Å². The Bertz CT molecular complexity index is 593. The Balaban J connectivity index is 2.03. The van der Waals surface area contributed by atoms with Gasteiger partial charge in [-0.1, -0.05) is 5.16 Å². The van der Waals surface area contributed by atoms with Crippen LogP contribution in [0.1, 0.15) is 23.2 Å². The minimum Gasteiger partial charge on any atom is -0.392 e. The largest absolute Gasteiger partial charge is 0.392 e. The Kier molecular flexibility index (Phi) is 4.56. The number of hydrogen-bond donors (Lipinski definition) is 1. The monoisotopic (exact) mass is 342 g/mol. The Morgan fingerprint density at radius 2 is 2.40 bits per heavy atom. The molecule has 0 aromatic carbocycles. The van der Waals surface area contributed by atoms with Crippen LogP contribution in [0.25, 0.3) is 0 Å². The van der Waals surface area contributed by atoms with Gasteiger partial charge in [-0.25, -0.2) is 0 Å². The van der Waals surface area contributed by atoms with Crippen molar-refractivity contribution in [3.8, 4) is 0 Å². The standard InChI is InChI=1S/C12H15BrN4O3/c1-8(18)5-16(2)12(19)11-3-10(20-15-11)7-17-6-9(13)4-14-17/h3-4,6,8,18H,5,7H2,1-2H3. The van der Waals surface area contributed by atoms with Gasteiger partial charge in [0, 0.05) is 25.9 Å².